The normalized spacial score (nSPS) is 15.9. The van der Waals surface area contributed by atoms with Crippen LogP contribution < -0.4 is 5.73 Å². The van der Waals surface area contributed by atoms with E-state index in [4.69, 9.17) is 5.73 Å². The SMILES string of the molecule is CCC(N)(c1nc(C)c(C)s1)C(C)C. The summed E-state index contributed by atoms with van der Waals surface area (Å²) in [6.07, 6.45) is 0.942. The smallest absolute Gasteiger partial charge is 0.113 e. The van der Waals surface area contributed by atoms with E-state index in [0.717, 1.165) is 17.1 Å². The van der Waals surface area contributed by atoms with Gasteiger partial charge in [-0.3, -0.25) is 0 Å². The fraction of sp³-hybridized carbons (Fsp3) is 0.727. The van der Waals surface area contributed by atoms with Gasteiger partial charge in [-0.1, -0.05) is 20.8 Å². The van der Waals surface area contributed by atoms with Crippen LogP contribution in [0.1, 0.15) is 42.8 Å². The molecule has 0 spiro atoms. The number of hydrogen-bond acceptors (Lipinski definition) is 3. The lowest BCUT2D eigenvalue weighted by Crippen LogP contribution is -2.41. The Hall–Kier alpha value is -0.410. The molecule has 2 N–H and O–H groups in total. The Morgan fingerprint density at radius 3 is 2.29 bits per heavy atom. The van der Waals surface area contributed by atoms with E-state index in [1.165, 1.54) is 4.88 Å². The molecular formula is C11H20N2S. The van der Waals surface area contributed by atoms with E-state index in [2.05, 4.69) is 32.7 Å². The van der Waals surface area contributed by atoms with Crippen LogP contribution in [0.2, 0.25) is 0 Å². The number of thiazole rings is 1. The molecule has 1 atom stereocenters. The highest BCUT2D eigenvalue weighted by atomic mass is 32.1. The van der Waals surface area contributed by atoms with Gasteiger partial charge in [0.25, 0.3) is 0 Å². The van der Waals surface area contributed by atoms with Crippen molar-refractivity contribution in [2.24, 2.45) is 11.7 Å². The molecule has 0 amide bonds. The molecular weight excluding hydrogens is 192 g/mol. The number of aromatic nitrogens is 1. The molecule has 14 heavy (non-hydrogen) atoms. The predicted molar refractivity (Wildman–Crippen MR) is 62.6 cm³/mol. The summed E-state index contributed by atoms with van der Waals surface area (Å²) in [6.45, 7) is 10.6. The number of nitrogens with two attached hydrogens (primary N) is 1. The minimum Gasteiger partial charge on any atom is -0.319 e. The van der Waals surface area contributed by atoms with E-state index >= 15 is 0 Å². The molecule has 80 valence electrons. The molecule has 2 nitrogen and oxygen atoms in total. The molecule has 0 saturated heterocycles. The van der Waals surface area contributed by atoms with Gasteiger partial charge in [0.1, 0.15) is 5.01 Å². The van der Waals surface area contributed by atoms with Crippen LogP contribution in [-0.4, -0.2) is 4.98 Å². The minimum absolute atomic E-state index is 0.246. The first-order chi connectivity index (χ1) is 6.41. The van der Waals surface area contributed by atoms with Crippen molar-refractivity contribution in [1.82, 2.24) is 4.98 Å². The number of nitrogens with zero attached hydrogens (tertiary/aromatic N) is 1. The van der Waals surface area contributed by atoms with Gasteiger partial charge in [0.05, 0.1) is 11.2 Å². The largest absolute Gasteiger partial charge is 0.319 e. The molecule has 0 radical (unpaired) electrons. The summed E-state index contributed by atoms with van der Waals surface area (Å²) in [5.41, 5.74) is 7.26. The first-order valence-electron chi connectivity index (χ1n) is 5.15. The van der Waals surface area contributed by atoms with Crippen molar-refractivity contribution >= 4 is 11.3 Å². The second-order valence-corrected chi connectivity index (χ2v) is 5.41. The molecule has 0 aromatic carbocycles. The van der Waals surface area contributed by atoms with Gasteiger partial charge in [-0.05, 0) is 26.2 Å². The predicted octanol–water partition coefficient (Wildman–Crippen LogP) is 2.98. The zero-order valence-corrected chi connectivity index (χ0v) is 10.5. The van der Waals surface area contributed by atoms with E-state index in [0.29, 0.717) is 5.92 Å². The van der Waals surface area contributed by atoms with E-state index in [1.807, 2.05) is 6.92 Å². The summed E-state index contributed by atoms with van der Waals surface area (Å²) in [7, 11) is 0. The van der Waals surface area contributed by atoms with Gasteiger partial charge < -0.3 is 5.73 Å². The van der Waals surface area contributed by atoms with E-state index < -0.39 is 0 Å². The Morgan fingerprint density at radius 1 is 1.43 bits per heavy atom. The quantitative estimate of drug-likeness (QED) is 0.836. The van der Waals surface area contributed by atoms with E-state index in [9.17, 15) is 0 Å². The third-order valence-corrected chi connectivity index (χ3v) is 4.31. The second-order valence-electron chi connectivity index (χ2n) is 4.21. The standard InChI is InChI=1S/C11H20N2S/c1-6-11(12,7(2)3)10-13-8(4)9(5)14-10/h7H,6,12H2,1-5H3. The van der Waals surface area contributed by atoms with Crippen LogP contribution >= 0.6 is 11.3 Å². The molecule has 0 saturated carbocycles. The topological polar surface area (TPSA) is 38.9 Å². The lowest BCUT2D eigenvalue weighted by atomic mass is 9.85. The summed E-state index contributed by atoms with van der Waals surface area (Å²) in [4.78, 5) is 5.85. The van der Waals surface area contributed by atoms with Crippen LogP contribution in [0.5, 0.6) is 0 Å². The van der Waals surface area contributed by atoms with Gasteiger partial charge in [-0.2, -0.15) is 0 Å². The number of hydrogen-bond donors (Lipinski definition) is 1. The summed E-state index contributed by atoms with van der Waals surface area (Å²) < 4.78 is 0. The lowest BCUT2D eigenvalue weighted by Gasteiger charge is -2.30. The van der Waals surface area contributed by atoms with Gasteiger partial charge >= 0.3 is 0 Å². The van der Waals surface area contributed by atoms with Gasteiger partial charge in [0.15, 0.2) is 0 Å². The van der Waals surface area contributed by atoms with Crippen LogP contribution in [0.25, 0.3) is 0 Å². The second kappa shape index (κ2) is 3.99. The summed E-state index contributed by atoms with van der Waals surface area (Å²) in [5, 5.41) is 1.09. The van der Waals surface area contributed by atoms with E-state index in [-0.39, 0.29) is 5.54 Å². The van der Waals surface area contributed by atoms with Crippen molar-refractivity contribution in [3.05, 3.63) is 15.6 Å². The number of aryl methyl sites for hydroxylation is 2. The molecule has 3 heteroatoms. The molecule has 0 aliphatic carbocycles. The van der Waals surface area contributed by atoms with Crippen molar-refractivity contribution in [2.45, 2.75) is 46.6 Å². The van der Waals surface area contributed by atoms with Crippen LogP contribution in [0, 0.1) is 19.8 Å². The van der Waals surface area contributed by atoms with Crippen LogP contribution in [0.3, 0.4) is 0 Å². The minimum atomic E-state index is -0.246. The Balaban J connectivity index is 3.12. The summed E-state index contributed by atoms with van der Waals surface area (Å²) in [5.74, 6) is 0.428. The monoisotopic (exact) mass is 212 g/mol. The average molecular weight is 212 g/mol. The highest BCUT2D eigenvalue weighted by molar-refractivity contribution is 7.11. The highest BCUT2D eigenvalue weighted by Crippen LogP contribution is 2.33. The first-order valence-corrected chi connectivity index (χ1v) is 5.96. The molecule has 0 bridgehead atoms. The first kappa shape index (κ1) is 11.7. The Kier molecular flexibility index (Phi) is 3.32. The summed E-state index contributed by atoms with van der Waals surface area (Å²) >= 11 is 1.74. The molecule has 1 unspecified atom stereocenters. The molecule has 0 fully saturated rings. The molecule has 1 heterocycles. The van der Waals surface area contributed by atoms with Crippen molar-refractivity contribution in [3.63, 3.8) is 0 Å². The third-order valence-electron chi connectivity index (χ3n) is 3.04. The fourth-order valence-electron chi connectivity index (χ4n) is 1.48. The fourth-order valence-corrected chi connectivity index (χ4v) is 2.71. The van der Waals surface area contributed by atoms with Crippen LogP contribution in [0.4, 0.5) is 0 Å². The van der Waals surface area contributed by atoms with Gasteiger partial charge in [-0.25, -0.2) is 4.98 Å². The average Bonchev–Trinajstić information content (AvgIpc) is 2.45. The Bertz CT molecular complexity index is 298. The molecule has 1 aromatic heterocycles. The maximum absolute atomic E-state index is 6.39. The summed E-state index contributed by atoms with van der Waals surface area (Å²) in [6, 6.07) is 0. The van der Waals surface area contributed by atoms with Crippen molar-refractivity contribution < 1.29 is 0 Å². The zero-order chi connectivity index (χ0) is 10.9. The van der Waals surface area contributed by atoms with Crippen LogP contribution in [0.15, 0.2) is 0 Å². The van der Waals surface area contributed by atoms with Crippen LogP contribution in [-0.2, 0) is 5.54 Å². The molecule has 0 aliphatic heterocycles. The van der Waals surface area contributed by atoms with Crippen molar-refractivity contribution in [3.8, 4) is 0 Å². The molecule has 0 aliphatic rings. The van der Waals surface area contributed by atoms with E-state index in [1.54, 1.807) is 11.3 Å². The number of rotatable bonds is 3. The van der Waals surface area contributed by atoms with Gasteiger partial charge in [0.2, 0.25) is 0 Å². The highest BCUT2D eigenvalue weighted by Gasteiger charge is 2.32. The maximum atomic E-state index is 6.39. The maximum Gasteiger partial charge on any atom is 0.113 e. The molecule has 1 rings (SSSR count). The van der Waals surface area contributed by atoms with Crippen molar-refractivity contribution in [2.75, 3.05) is 0 Å². The Morgan fingerprint density at radius 2 is 2.00 bits per heavy atom. The third kappa shape index (κ3) is 1.84. The zero-order valence-electron chi connectivity index (χ0n) is 9.72. The Labute approximate surface area is 90.6 Å². The van der Waals surface area contributed by atoms with Crippen molar-refractivity contribution in [1.29, 1.82) is 0 Å². The molecule has 1 aromatic rings. The van der Waals surface area contributed by atoms with Gasteiger partial charge in [-0.15, -0.1) is 11.3 Å². The van der Waals surface area contributed by atoms with Gasteiger partial charge in [0, 0.05) is 4.88 Å². The lowest BCUT2D eigenvalue weighted by molar-refractivity contribution is 0.304.